The van der Waals surface area contributed by atoms with Crippen LogP contribution in [-0.2, 0) is 4.79 Å². The van der Waals surface area contributed by atoms with Crippen LogP contribution in [0.25, 0.3) is 6.08 Å². The Morgan fingerprint density at radius 1 is 1.33 bits per heavy atom. The Labute approximate surface area is 147 Å². The average Bonchev–Trinajstić information content (AvgIpc) is 2.78. The Kier molecular flexibility index (Phi) is 4.24. The number of anilines is 1. The van der Waals surface area contributed by atoms with E-state index in [-0.39, 0.29) is 16.7 Å². The fourth-order valence-electron chi connectivity index (χ4n) is 3.61. The van der Waals surface area contributed by atoms with E-state index < -0.39 is 0 Å². The summed E-state index contributed by atoms with van der Waals surface area (Å²) in [7, 11) is 2.14. The minimum Gasteiger partial charge on any atom is -0.369 e. The number of fused-ring (bicyclic) bond motifs is 1. The number of rotatable bonds is 2. The number of imide groups is 1. The summed E-state index contributed by atoms with van der Waals surface area (Å²) < 4.78 is 0. The quantitative estimate of drug-likeness (QED) is 0.743. The van der Waals surface area contributed by atoms with E-state index in [0.29, 0.717) is 17.4 Å². The minimum absolute atomic E-state index is 0.137. The lowest BCUT2D eigenvalue weighted by atomic mass is 9.80. The number of thioether (sulfide) groups is 1. The summed E-state index contributed by atoms with van der Waals surface area (Å²) in [6, 6.07) is 6.32. The molecule has 2 aliphatic rings. The number of carbonyl (C=O) groups excluding carboxylic acids is 2. The molecule has 3 rings (SSSR count). The van der Waals surface area contributed by atoms with Crippen LogP contribution < -0.4 is 4.90 Å². The molecule has 0 saturated carbocycles. The molecular weight excluding hydrogens is 320 g/mol. The van der Waals surface area contributed by atoms with Gasteiger partial charge in [-0.3, -0.25) is 14.5 Å². The van der Waals surface area contributed by atoms with Crippen molar-refractivity contribution >= 4 is 34.7 Å². The zero-order valence-electron chi connectivity index (χ0n) is 14.9. The van der Waals surface area contributed by atoms with Crippen LogP contribution in [0, 0.1) is 0 Å². The van der Waals surface area contributed by atoms with Gasteiger partial charge in [-0.25, -0.2) is 0 Å². The number of hydrogen-bond donors (Lipinski definition) is 0. The van der Waals surface area contributed by atoms with Gasteiger partial charge < -0.3 is 4.90 Å². The fourth-order valence-corrected chi connectivity index (χ4v) is 4.51. The van der Waals surface area contributed by atoms with Crippen molar-refractivity contribution in [2.75, 3.05) is 18.5 Å². The third-order valence-electron chi connectivity index (χ3n) is 5.15. The third-order valence-corrected chi connectivity index (χ3v) is 6.05. The van der Waals surface area contributed by atoms with Gasteiger partial charge in [-0.1, -0.05) is 13.0 Å². The summed E-state index contributed by atoms with van der Waals surface area (Å²) in [5, 5.41) is -0.179. The Morgan fingerprint density at radius 3 is 2.67 bits per heavy atom. The molecule has 1 unspecified atom stereocenters. The summed E-state index contributed by atoms with van der Waals surface area (Å²) in [6.07, 6.45) is 2.93. The normalized spacial score (nSPS) is 24.7. The van der Waals surface area contributed by atoms with Crippen LogP contribution in [0.15, 0.2) is 23.1 Å². The first-order valence-electron chi connectivity index (χ1n) is 8.37. The highest BCUT2D eigenvalue weighted by molar-refractivity contribution is 8.18. The van der Waals surface area contributed by atoms with Gasteiger partial charge in [0.15, 0.2) is 0 Å². The summed E-state index contributed by atoms with van der Waals surface area (Å²) in [5.41, 5.74) is 3.67. The fraction of sp³-hybridized carbons (Fsp3) is 0.474. The lowest BCUT2D eigenvalue weighted by molar-refractivity contribution is -0.122. The molecular formula is C19H24N2O2S. The predicted molar refractivity (Wildman–Crippen MR) is 100 cm³/mol. The highest BCUT2D eigenvalue weighted by Crippen LogP contribution is 2.43. The maximum absolute atomic E-state index is 12.2. The first-order valence-corrected chi connectivity index (χ1v) is 9.19. The molecule has 0 aliphatic carbocycles. The van der Waals surface area contributed by atoms with Crippen LogP contribution in [0.4, 0.5) is 10.5 Å². The van der Waals surface area contributed by atoms with Crippen molar-refractivity contribution in [2.45, 2.75) is 45.6 Å². The van der Waals surface area contributed by atoms with Gasteiger partial charge in [0.25, 0.3) is 11.1 Å². The maximum atomic E-state index is 12.2. The van der Waals surface area contributed by atoms with Crippen molar-refractivity contribution in [3.8, 4) is 0 Å². The highest BCUT2D eigenvalue weighted by atomic mass is 32.2. The van der Waals surface area contributed by atoms with Crippen molar-refractivity contribution in [1.82, 2.24) is 4.90 Å². The largest absolute Gasteiger partial charge is 0.369 e. The van der Waals surface area contributed by atoms with E-state index in [9.17, 15) is 9.59 Å². The van der Waals surface area contributed by atoms with Gasteiger partial charge in [0.05, 0.1) is 4.91 Å². The van der Waals surface area contributed by atoms with Crippen molar-refractivity contribution in [2.24, 2.45) is 0 Å². The summed E-state index contributed by atoms with van der Waals surface area (Å²) in [5.74, 6) is 0.279. The van der Waals surface area contributed by atoms with Gasteiger partial charge in [0.1, 0.15) is 0 Å². The monoisotopic (exact) mass is 344 g/mol. The number of benzene rings is 1. The standard InChI is InChI=1S/C19H24N2O2S/c1-6-21-17(22)16(24-18(21)23)10-13-7-8-15-14(9-13)12(2)11-19(3,4)20(15)5/h7-10,12H,6,11H2,1-5H3/b16-10-. The second kappa shape index (κ2) is 5.96. The first kappa shape index (κ1) is 17.1. The number of amides is 2. The molecule has 5 heteroatoms. The van der Waals surface area contributed by atoms with Crippen molar-refractivity contribution in [1.29, 1.82) is 0 Å². The Balaban J connectivity index is 1.96. The number of likely N-dealkylation sites (N-methyl/N-ethyl adjacent to an activating group) is 1. The number of hydrogen-bond acceptors (Lipinski definition) is 4. The lowest BCUT2D eigenvalue weighted by Crippen LogP contribution is -2.45. The van der Waals surface area contributed by atoms with E-state index >= 15 is 0 Å². The molecule has 1 atom stereocenters. The molecule has 0 bridgehead atoms. The van der Waals surface area contributed by atoms with Gasteiger partial charge in [-0.15, -0.1) is 0 Å². The molecule has 1 saturated heterocycles. The Hall–Kier alpha value is -1.75. The third kappa shape index (κ3) is 2.75. The van der Waals surface area contributed by atoms with Crippen LogP contribution in [0.1, 0.15) is 51.2 Å². The van der Waals surface area contributed by atoms with E-state index in [1.54, 1.807) is 0 Å². The molecule has 2 amide bonds. The van der Waals surface area contributed by atoms with Gasteiger partial charge >= 0.3 is 0 Å². The van der Waals surface area contributed by atoms with Gasteiger partial charge in [0.2, 0.25) is 0 Å². The lowest BCUT2D eigenvalue weighted by Gasteiger charge is -2.45. The van der Waals surface area contributed by atoms with E-state index in [1.807, 2.05) is 19.1 Å². The molecule has 1 aromatic rings. The molecule has 1 fully saturated rings. The minimum atomic E-state index is -0.184. The van der Waals surface area contributed by atoms with Crippen LogP contribution in [0.5, 0.6) is 0 Å². The van der Waals surface area contributed by atoms with Crippen molar-refractivity contribution in [3.05, 3.63) is 34.2 Å². The van der Waals surface area contributed by atoms with E-state index in [2.05, 4.69) is 44.9 Å². The smallest absolute Gasteiger partial charge is 0.293 e. The molecule has 0 N–H and O–H groups in total. The summed E-state index contributed by atoms with van der Waals surface area (Å²) in [6.45, 7) is 9.02. The molecule has 0 spiro atoms. The van der Waals surface area contributed by atoms with E-state index in [1.165, 1.54) is 16.2 Å². The average molecular weight is 344 g/mol. The Bertz CT molecular complexity index is 739. The second-order valence-electron chi connectivity index (χ2n) is 7.22. The molecule has 2 heterocycles. The van der Waals surface area contributed by atoms with Gasteiger partial charge in [-0.2, -0.15) is 0 Å². The van der Waals surface area contributed by atoms with Crippen LogP contribution >= 0.6 is 11.8 Å². The molecule has 24 heavy (non-hydrogen) atoms. The van der Waals surface area contributed by atoms with E-state index in [4.69, 9.17) is 0 Å². The van der Waals surface area contributed by atoms with Gasteiger partial charge in [-0.05, 0) is 74.2 Å². The van der Waals surface area contributed by atoms with E-state index in [0.717, 1.165) is 23.7 Å². The molecule has 2 aliphatic heterocycles. The number of carbonyl (C=O) groups is 2. The Morgan fingerprint density at radius 2 is 2.04 bits per heavy atom. The van der Waals surface area contributed by atoms with Crippen LogP contribution in [0.2, 0.25) is 0 Å². The molecule has 0 aromatic heterocycles. The zero-order valence-corrected chi connectivity index (χ0v) is 15.7. The molecule has 0 radical (unpaired) electrons. The van der Waals surface area contributed by atoms with Crippen LogP contribution in [-0.4, -0.2) is 35.2 Å². The first-order chi connectivity index (χ1) is 11.2. The summed E-state index contributed by atoms with van der Waals surface area (Å²) >= 11 is 1.03. The van der Waals surface area contributed by atoms with Crippen molar-refractivity contribution in [3.63, 3.8) is 0 Å². The van der Waals surface area contributed by atoms with Crippen molar-refractivity contribution < 1.29 is 9.59 Å². The maximum Gasteiger partial charge on any atom is 0.293 e. The highest BCUT2D eigenvalue weighted by Gasteiger charge is 2.35. The zero-order chi connectivity index (χ0) is 17.6. The van der Waals surface area contributed by atoms with Gasteiger partial charge in [0, 0.05) is 24.8 Å². The topological polar surface area (TPSA) is 40.6 Å². The number of nitrogens with zero attached hydrogens (tertiary/aromatic N) is 2. The summed E-state index contributed by atoms with van der Waals surface area (Å²) in [4.78, 5) is 28.2. The van der Waals surface area contributed by atoms with Crippen LogP contribution in [0.3, 0.4) is 0 Å². The SMILES string of the molecule is CCN1C(=O)S/C(=C\c2ccc3c(c2)C(C)CC(C)(C)N3C)C1=O. The second-order valence-corrected chi connectivity index (χ2v) is 8.21. The molecule has 4 nitrogen and oxygen atoms in total. The predicted octanol–water partition coefficient (Wildman–Crippen LogP) is 4.46. The molecule has 128 valence electrons. The molecule has 1 aromatic carbocycles.